The summed E-state index contributed by atoms with van der Waals surface area (Å²) in [6, 6.07) is 6.01. The van der Waals surface area contributed by atoms with Crippen molar-refractivity contribution in [3.05, 3.63) is 34.9 Å². The number of carbonyl (C=O) groups is 2. The van der Waals surface area contributed by atoms with E-state index in [-0.39, 0.29) is 12.3 Å². The maximum Gasteiger partial charge on any atom is 0.308 e. The van der Waals surface area contributed by atoms with Crippen molar-refractivity contribution in [1.82, 2.24) is 4.90 Å². The smallest absolute Gasteiger partial charge is 0.308 e. The van der Waals surface area contributed by atoms with Crippen molar-refractivity contribution in [2.45, 2.75) is 26.8 Å². The van der Waals surface area contributed by atoms with Crippen molar-refractivity contribution in [2.75, 3.05) is 6.54 Å². The minimum Gasteiger partial charge on any atom is -0.481 e. The van der Waals surface area contributed by atoms with E-state index in [1.807, 2.05) is 32.0 Å². The van der Waals surface area contributed by atoms with E-state index >= 15 is 0 Å². The van der Waals surface area contributed by atoms with Crippen molar-refractivity contribution in [3.8, 4) is 0 Å². The third kappa shape index (κ3) is 2.37. The lowest BCUT2D eigenvalue weighted by molar-refractivity contribution is -0.141. The van der Waals surface area contributed by atoms with Gasteiger partial charge in [0.2, 0.25) is 5.91 Å². The number of carboxylic acids is 1. The first kappa shape index (κ1) is 12.6. The Balaban J connectivity index is 2.15. The van der Waals surface area contributed by atoms with Gasteiger partial charge < -0.3 is 10.0 Å². The highest BCUT2D eigenvalue weighted by Gasteiger charge is 2.34. The summed E-state index contributed by atoms with van der Waals surface area (Å²) in [4.78, 5) is 24.3. The van der Waals surface area contributed by atoms with E-state index < -0.39 is 11.9 Å². The quantitative estimate of drug-likeness (QED) is 0.885. The van der Waals surface area contributed by atoms with Crippen molar-refractivity contribution in [2.24, 2.45) is 5.92 Å². The second kappa shape index (κ2) is 4.80. The van der Waals surface area contributed by atoms with E-state index in [1.54, 1.807) is 4.90 Å². The van der Waals surface area contributed by atoms with Crippen molar-refractivity contribution < 1.29 is 14.7 Å². The Morgan fingerprint density at radius 2 is 2.00 bits per heavy atom. The van der Waals surface area contributed by atoms with E-state index in [1.165, 1.54) is 0 Å². The summed E-state index contributed by atoms with van der Waals surface area (Å²) in [5.41, 5.74) is 3.40. The topological polar surface area (TPSA) is 57.6 Å². The summed E-state index contributed by atoms with van der Waals surface area (Å²) in [5, 5.41) is 8.95. The fourth-order valence-electron chi connectivity index (χ4n) is 2.38. The number of nitrogens with zero attached hydrogens (tertiary/aromatic N) is 1. The third-order valence-corrected chi connectivity index (χ3v) is 3.56. The number of likely N-dealkylation sites (tertiary alicyclic amines) is 1. The predicted octanol–water partition coefficient (Wildman–Crippen LogP) is 1.74. The molecule has 0 aliphatic carbocycles. The van der Waals surface area contributed by atoms with Crippen LogP contribution >= 0.6 is 0 Å². The van der Waals surface area contributed by atoms with Gasteiger partial charge in [-0.1, -0.05) is 18.2 Å². The molecule has 1 unspecified atom stereocenters. The Morgan fingerprint density at radius 1 is 1.39 bits per heavy atom. The van der Waals surface area contributed by atoms with Crippen LogP contribution in [0.3, 0.4) is 0 Å². The maximum atomic E-state index is 11.8. The fraction of sp³-hybridized carbons (Fsp3) is 0.429. The molecule has 1 aromatic carbocycles. The second-order valence-corrected chi connectivity index (χ2v) is 4.88. The molecule has 1 aromatic rings. The summed E-state index contributed by atoms with van der Waals surface area (Å²) in [5.74, 6) is -1.50. The molecule has 0 radical (unpaired) electrons. The standard InChI is InChI=1S/C14H17NO3/c1-9-4-3-5-10(2)12(9)8-15-7-11(14(17)18)6-13(15)16/h3-5,11H,6-8H2,1-2H3,(H,17,18). The zero-order chi connectivity index (χ0) is 13.3. The van der Waals surface area contributed by atoms with Crippen molar-refractivity contribution in [3.63, 3.8) is 0 Å². The molecule has 4 nitrogen and oxygen atoms in total. The number of hydrogen-bond donors (Lipinski definition) is 1. The largest absolute Gasteiger partial charge is 0.481 e. The van der Waals surface area contributed by atoms with Crippen LogP contribution < -0.4 is 0 Å². The van der Waals surface area contributed by atoms with Gasteiger partial charge in [0.05, 0.1) is 5.92 Å². The highest BCUT2D eigenvalue weighted by molar-refractivity contribution is 5.86. The highest BCUT2D eigenvalue weighted by atomic mass is 16.4. The Kier molecular flexibility index (Phi) is 3.36. The normalized spacial score (nSPS) is 19.3. The number of hydrogen-bond acceptors (Lipinski definition) is 2. The Bertz CT molecular complexity index is 476. The molecule has 2 rings (SSSR count). The molecule has 0 saturated carbocycles. The first-order valence-corrected chi connectivity index (χ1v) is 6.04. The van der Waals surface area contributed by atoms with Crippen LogP contribution in [0.15, 0.2) is 18.2 Å². The molecule has 1 saturated heterocycles. The van der Waals surface area contributed by atoms with Crippen molar-refractivity contribution in [1.29, 1.82) is 0 Å². The summed E-state index contributed by atoms with van der Waals surface area (Å²) < 4.78 is 0. The average Bonchev–Trinajstić information content (AvgIpc) is 2.66. The van der Waals surface area contributed by atoms with Crippen LogP contribution in [0.4, 0.5) is 0 Å². The SMILES string of the molecule is Cc1cccc(C)c1CN1CC(C(=O)O)CC1=O. The van der Waals surface area contributed by atoms with E-state index in [2.05, 4.69) is 0 Å². The molecule has 1 amide bonds. The van der Waals surface area contributed by atoms with E-state index in [9.17, 15) is 9.59 Å². The number of aryl methyl sites for hydroxylation is 2. The molecule has 4 heteroatoms. The molecule has 18 heavy (non-hydrogen) atoms. The molecule has 0 bridgehead atoms. The molecular weight excluding hydrogens is 230 g/mol. The van der Waals surface area contributed by atoms with Gasteiger partial charge in [0.1, 0.15) is 0 Å². The van der Waals surface area contributed by atoms with Crippen LogP contribution in [-0.2, 0) is 16.1 Å². The molecule has 0 aromatic heterocycles. The Morgan fingerprint density at radius 3 is 2.50 bits per heavy atom. The zero-order valence-corrected chi connectivity index (χ0v) is 10.6. The maximum absolute atomic E-state index is 11.8. The lowest BCUT2D eigenvalue weighted by Gasteiger charge is -2.19. The first-order valence-electron chi connectivity index (χ1n) is 6.04. The number of aliphatic carboxylic acids is 1. The third-order valence-electron chi connectivity index (χ3n) is 3.56. The average molecular weight is 247 g/mol. The van der Waals surface area contributed by atoms with Gasteiger partial charge in [-0.3, -0.25) is 9.59 Å². The summed E-state index contributed by atoms with van der Waals surface area (Å²) >= 11 is 0. The molecule has 1 aliphatic rings. The lowest BCUT2D eigenvalue weighted by Crippen LogP contribution is -2.26. The van der Waals surface area contributed by atoms with E-state index in [0.29, 0.717) is 13.1 Å². The van der Waals surface area contributed by atoms with Crippen LogP contribution in [0.5, 0.6) is 0 Å². The number of carbonyl (C=O) groups excluding carboxylic acids is 1. The van der Waals surface area contributed by atoms with E-state index in [0.717, 1.165) is 16.7 Å². The van der Waals surface area contributed by atoms with Crippen molar-refractivity contribution >= 4 is 11.9 Å². The van der Waals surface area contributed by atoms with Gasteiger partial charge in [-0.15, -0.1) is 0 Å². The monoisotopic (exact) mass is 247 g/mol. The van der Waals surface area contributed by atoms with Gasteiger partial charge in [0.15, 0.2) is 0 Å². The molecule has 1 fully saturated rings. The first-order chi connectivity index (χ1) is 8.49. The molecule has 0 spiro atoms. The number of benzene rings is 1. The van der Waals surface area contributed by atoms with Crippen LogP contribution in [0.25, 0.3) is 0 Å². The number of rotatable bonds is 3. The molecular formula is C14H17NO3. The zero-order valence-electron chi connectivity index (χ0n) is 10.6. The van der Waals surface area contributed by atoms with Crippen LogP contribution in [0.1, 0.15) is 23.1 Å². The summed E-state index contributed by atoms with van der Waals surface area (Å²) in [7, 11) is 0. The minimum atomic E-state index is -0.882. The van der Waals surface area contributed by atoms with Crippen LogP contribution in [0, 0.1) is 19.8 Å². The molecule has 1 aliphatic heterocycles. The van der Waals surface area contributed by atoms with Gasteiger partial charge in [-0.2, -0.15) is 0 Å². The van der Waals surface area contributed by atoms with Gasteiger partial charge in [-0.05, 0) is 30.5 Å². The molecule has 1 heterocycles. The summed E-state index contributed by atoms with van der Waals surface area (Å²) in [6.45, 7) is 4.86. The fourth-order valence-corrected chi connectivity index (χ4v) is 2.38. The van der Waals surface area contributed by atoms with Gasteiger partial charge in [0, 0.05) is 19.5 Å². The van der Waals surface area contributed by atoms with Gasteiger partial charge in [0.25, 0.3) is 0 Å². The lowest BCUT2D eigenvalue weighted by atomic mass is 10.0. The van der Waals surface area contributed by atoms with Gasteiger partial charge >= 0.3 is 5.97 Å². The Labute approximate surface area is 106 Å². The second-order valence-electron chi connectivity index (χ2n) is 4.88. The highest BCUT2D eigenvalue weighted by Crippen LogP contribution is 2.23. The van der Waals surface area contributed by atoms with Crippen LogP contribution in [0.2, 0.25) is 0 Å². The summed E-state index contributed by atoms with van der Waals surface area (Å²) in [6.07, 6.45) is 0.125. The molecule has 1 N–H and O–H groups in total. The number of amides is 1. The van der Waals surface area contributed by atoms with Crippen LogP contribution in [-0.4, -0.2) is 28.4 Å². The Hall–Kier alpha value is -1.84. The van der Waals surface area contributed by atoms with Gasteiger partial charge in [-0.25, -0.2) is 0 Å². The minimum absolute atomic E-state index is 0.0648. The predicted molar refractivity (Wildman–Crippen MR) is 67.1 cm³/mol. The molecule has 1 atom stereocenters. The van der Waals surface area contributed by atoms with E-state index in [4.69, 9.17) is 5.11 Å². The molecule has 96 valence electrons. The number of carboxylic acid groups (broad SMARTS) is 1.